The summed E-state index contributed by atoms with van der Waals surface area (Å²) >= 11 is 5.97. The molecule has 0 unspecified atom stereocenters. The molecule has 1 amide bonds. The molecule has 1 fully saturated rings. The average Bonchev–Trinajstić information content (AvgIpc) is 2.96. The maximum Gasteiger partial charge on any atom is 0.254 e. The number of nitrogens with zero attached hydrogens (tertiary/aromatic N) is 2. The largest absolute Gasteiger partial charge is 0.396 e. The van der Waals surface area contributed by atoms with Crippen molar-refractivity contribution >= 4 is 17.5 Å². The topological polar surface area (TPSA) is 64.0 Å². The maximum absolute atomic E-state index is 12.8. The zero-order valence-electron chi connectivity index (χ0n) is 14.4. The number of hydrogen-bond donors (Lipinski definition) is 2. The van der Waals surface area contributed by atoms with Crippen LogP contribution in [0.25, 0.3) is 0 Å². The second-order valence-corrected chi connectivity index (χ2v) is 6.93. The Labute approximate surface area is 148 Å². The van der Waals surface area contributed by atoms with Crippen LogP contribution in [-0.2, 0) is 0 Å². The molecule has 1 heterocycles. The van der Waals surface area contributed by atoms with Crippen molar-refractivity contribution in [2.24, 2.45) is 11.8 Å². The molecule has 0 radical (unpaired) electrons. The van der Waals surface area contributed by atoms with Crippen molar-refractivity contribution in [1.29, 1.82) is 0 Å². The lowest BCUT2D eigenvalue weighted by molar-refractivity contribution is 0.0778. The van der Waals surface area contributed by atoms with E-state index in [4.69, 9.17) is 16.7 Å². The Morgan fingerprint density at radius 1 is 1.33 bits per heavy atom. The molecule has 2 atom stereocenters. The number of hydrogen-bond acceptors (Lipinski definition) is 4. The summed E-state index contributed by atoms with van der Waals surface area (Å²) in [6.07, 6.45) is 0. The van der Waals surface area contributed by atoms with E-state index >= 15 is 0 Å². The van der Waals surface area contributed by atoms with Crippen LogP contribution < -0.4 is 0 Å². The number of carbonyl (C=O) groups excluding carboxylic acids is 1. The summed E-state index contributed by atoms with van der Waals surface area (Å²) in [5, 5.41) is 19.5. The van der Waals surface area contributed by atoms with Gasteiger partial charge in [0.1, 0.15) is 0 Å². The fraction of sp³-hybridized carbons (Fsp3) is 0.611. The Hall–Kier alpha value is -1.14. The summed E-state index contributed by atoms with van der Waals surface area (Å²) in [5.41, 5.74) is 1.53. The minimum absolute atomic E-state index is 0.00433. The Kier molecular flexibility index (Phi) is 7.04. The molecular formula is C18H27ClN2O3. The number of amides is 1. The van der Waals surface area contributed by atoms with Gasteiger partial charge in [-0.2, -0.15) is 0 Å². The lowest BCUT2D eigenvalue weighted by atomic mass is 9.96. The molecule has 2 rings (SSSR count). The predicted molar refractivity (Wildman–Crippen MR) is 95.4 cm³/mol. The van der Waals surface area contributed by atoms with Gasteiger partial charge in [-0.3, -0.25) is 4.79 Å². The van der Waals surface area contributed by atoms with Gasteiger partial charge in [0.25, 0.3) is 5.91 Å². The molecular weight excluding hydrogens is 328 g/mol. The normalized spacial score (nSPS) is 20.8. The van der Waals surface area contributed by atoms with Gasteiger partial charge in [0.05, 0.1) is 6.61 Å². The second-order valence-electron chi connectivity index (χ2n) is 6.49. The van der Waals surface area contributed by atoms with E-state index in [0.717, 1.165) is 18.7 Å². The van der Waals surface area contributed by atoms with E-state index < -0.39 is 0 Å². The number of rotatable bonds is 7. The van der Waals surface area contributed by atoms with Gasteiger partial charge in [0, 0.05) is 49.3 Å². The second kappa shape index (κ2) is 8.81. The van der Waals surface area contributed by atoms with Crippen LogP contribution in [0.15, 0.2) is 18.2 Å². The number of benzene rings is 1. The van der Waals surface area contributed by atoms with Crippen LogP contribution in [0.1, 0.15) is 22.8 Å². The van der Waals surface area contributed by atoms with Gasteiger partial charge >= 0.3 is 0 Å². The zero-order valence-corrected chi connectivity index (χ0v) is 15.2. The monoisotopic (exact) mass is 354 g/mol. The molecule has 24 heavy (non-hydrogen) atoms. The van der Waals surface area contributed by atoms with Gasteiger partial charge in [0.15, 0.2) is 0 Å². The number of aryl methyl sites for hydroxylation is 1. The molecule has 1 aromatic carbocycles. The van der Waals surface area contributed by atoms with Crippen molar-refractivity contribution in [2.75, 3.05) is 45.9 Å². The Morgan fingerprint density at radius 3 is 2.62 bits per heavy atom. The van der Waals surface area contributed by atoms with E-state index in [0.29, 0.717) is 30.2 Å². The smallest absolute Gasteiger partial charge is 0.254 e. The van der Waals surface area contributed by atoms with Crippen LogP contribution in [0.2, 0.25) is 5.02 Å². The predicted octanol–water partition coefficient (Wildman–Crippen LogP) is 1.64. The molecule has 1 saturated heterocycles. The molecule has 1 aliphatic heterocycles. The van der Waals surface area contributed by atoms with E-state index in [1.807, 2.05) is 11.8 Å². The van der Waals surface area contributed by atoms with Crippen molar-refractivity contribution in [3.63, 3.8) is 0 Å². The fourth-order valence-electron chi connectivity index (χ4n) is 3.41. The fourth-order valence-corrected chi connectivity index (χ4v) is 3.63. The first-order chi connectivity index (χ1) is 11.5. The highest BCUT2D eigenvalue weighted by molar-refractivity contribution is 6.30. The zero-order chi connectivity index (χ0) is 17.7. The summed E-state index contributed by atoms with van der Waals surface area (Å²) in [7, 11) is 0. The molecule has 0 aromatic heterocycles. The van der Waals surface area contributed by atoms with Crippen LogP contribution in [0.3, 0.4) is 0 Å². The molecule has 6 heteroatoms. The molecule has 1 aliphatic rings. The summed E-state index contributed by atoms with van der Waals surface area (Å²) in [6.45, 7) is 7.59. The minimum Gasteiger partial charge on any atom is -0.396 e. The van der Waals surface area contributed by atoms with Crippen LogP contribution >= 0.6 is 11.6 Å². The number of likely N-dealkylation sites (tertiary alicyclic amines) is 1. The molecule has 5 nitrogen and oxygen atoms in total. The van der Waals surface area contributed by atoms with Crippen molar-refractivity contribution < 1.29 is 15.0 Å². The Bertz CT molecular complexity index is 567. The molecule has 0 bridgehead atoms. The van der Waals surface area contributed by atoms with E-state index in [-0.39, 0.29) is 31.0 Å². The molecule has 134 valence electrons. The van der Waals surface area contributed by atoms with Crippen LogP contribution in [0.5, 0.6) is 0 Å². The summed E-state index contributed by atoms with van der Waals surface area (Å²) in [4.78, 5) is 16.8. The lowest BCUT2D eigenvalue weighted by Gasteiger charge is -2.25. The Balaban J connectivity index is 2.08. The van der Waals surface area contributed by atoms with E-state index in [9.17, 15) is 9.90 Å². The lowest BCUT2D eigenvalue weighted by Crippen LogP contribution is -2.36. The number of carbonyl (C=O) groups is 1. The maximum atomic E-state index is 12.8. The highest BCUT2D eigenvalue weighted by Gasteiger charge is 2.36. The quantitative estimate of drug-likeness (QED) is 0.781. The SMILES string of the molecule is CCN(CCO)C[C@@H]1CN(C(=O)c2ccc(Cl)cc2C)C[C@@H]1CO. The third-order valence-corrected chi connectivity index (χ3v) is 5.11. The van der Waals surface area contributed by atoms with Gasteiger partial charge < -0.3 is 20.0 Å². The third kappa shape index (κ3) is 4.48. The minimum atomic E-state index is -0.00433. The van der Waals surface area contributed by atoms with Gasteiger partial charge in [-0.1, -0.05) is 18.5 Å². The van der Waals surface area contributed by atoms with Gasteiger partial charge in [0.2, 0.25) is 0 Å². The first kappa shape index (κ1) is 19.2. The van der Waals surface area contributed by atoms with Crippen molar-refractivity contribution in [3.8, 4) is 0 Å². The first-order valence-corrected chi connectivity index (χ1v) is 8.87. The molecule has 0 saturated carbocycles. The van der Waals surface area contributed by atoms with Crippen LogP contribution in [-0.4, -0.2) is 71.9 Å². The summed E-state index contributed by atoms with van der Waals surface area (Å²) < 4.78 is 0. The molecule has 0 aliphatic carbocycles. The average molecular weight is 355 g/mol. The summed E-state index contributed by atoms with van der Waals surface area (Å²) in [6, 6.07) is 5.30. The standard InChI is InChI=1S/C18H27ClN2O3/c1-3-20(6-7-22)9-14-10-21(11-15(14)12-23)18(24)17-5-4-16(19)8-13(17)2/h4-5,8,14-15,22-23H,3,6-7,9-12H2,1-2H3/t14-,15-/m1/s1. The van der Waals surface area contributed by atoms with E-state index in [1.165, 1.54) is 0 Å². The number of likely N-dealkylation sites (N-methyl/N-ethyl adjacent to an activating group) is 1. The third-order valence-electron chi connectivity index (χ3n) is 4.87. The van der Waals surface area contributed by atoms with Gasteiger partial charge in [-0.05, 0) is 43.1 Å². The number of aliphatic hydroxyl groups excluding tert-OH is 2. The first-order valence-electron chi connectivity index (χ1n) is 8.49. The van der Waals surface area contributed by atoms with Crippen molar-refractivity contribution in [3.05, 3.63) is 34.3 Å². The molecule has 0 spiro atoms. The van der Waals surface area contributed by atoms with E-state index in [2.05, 4.69) is 11.8 Å². The van der Waals surface area contributed by atoms with Gasteiger partial charge in [-0.25, -0.2) is 0 Å². The number of halogens is 1. The molecule has 2 N–H and O–H groups in total. The molecule has 1 aromatic rings. The van der Waals surface area contributed by atoms with E-state index in [1.54, 1.807) is 18.2 Å². The van der Waals surface area contributed by atoms with Gasteiger partial charge in [-0.15, -0.1) is 0 Å². The van der Waals surface area contributed by atoms with Crippen molar-refractivity contribution in [1.82, 2.24) is 9.80 Å². The van der Waals surface area contributed by atoms with Crippen LogP contribution in [0, 0.1) is 18.8 Å². The number of aliphatic hydroxyl groups is 2. The highest BCUT2D eigenvalue weighted by Crippen LogP contribution is 2.27. The summed E-state index contributed by atoms with van der Waals surface area (Å²) in [5.74, 6) is 0.294. The highest BCUT2D eigenvalue weighted by atomic mass is 35.5. The Morgan fingerprint density at radius 2 is 2.04 bits per heavy atom. The van der Waals surface area contributed by atoms with Crippen molar-refractivity contribution in [2.45, 2.75) is 13.8 Å². The van der Waals surface area contributed by atoms with Crippen LogP contribution in [0.4, 0.5) is 0 Å².